The van der Waals surface area contributed by atoms with Crippen LogP contribution in [0.3, 0.4) is 0 Å². The van der Waals surface area contributed by atoms with Crippen LogP contribution in [0, 0.1) is 20.2 Å². The number of non-ortho nitro benzene ring substituents is 1. The number of furan rings is 1. The standard InChI is InChI=1S/C11H8N4O5/c16-14(17)8-3-4-10(11(6-8)15(18)19)13-12-7-9-2-1-5-20-9/h1-7,13H. The summed E-state index contributed by atoms with van der Waals surface area (Å²) in [5.41, 5.74) is 1.69. The van der Waals surface area contributed by atoms with Crippen LogP contribution >= 0.6 is 0 Å². The molecular weight excluding hydrogens is 268 g/mol. The first-order valence-electron chi connectivity index (χ1n) is 5.33. The first-order chi connectivity index (χ1) is 9.58. The summed E-state index contributed by atoms with van der Waals surface area (Å²) in [4.78, 5) is 20.0. The van der Waals surface area contributed by atoms with E-state index in [2.05, 4.69) is 10.5 Å². The molecule has 1 N–H and O–H groups in total. The highest BCUT2D eigenvalue weighted by Gasteiger charge is 2.18. The monoisotopic (exact) mass is 276 g/mol. The molecule has 0 atom stereocenters. The van der Waals surface area contributed by atoms with Gasteiger partial charge in [-0.3, -0.25) is 25.7 Å². The number of anilines is 1. The maximum atomic E-state index is 10.9. The van der Waals surface area contributed by atoms with Gasteiger partial charge in [0.05, 0.1) is 28.4 Å². The van der Waals surface area contributed by atoms with Crippen molar-refractivity contribution in [3.8, 4) is 0 Å². The number of nitro benzene ring substituents is 2. The van der Waals surface area contributed by atoms with Crippen molar-refractivity contribution in [2.45, 2.75) is 0 Å². The van der Waals surface area contributed by atoms with E-state index in [-0.39, 0.29) is 11.4 Å². The van der Waals surface area contributed by atoms with Crippen LogP contribution in [0.25, 0.3) is 0 Å². The molecule has 0 amide bonds. The summed E-state index contributed by atoms with van der Waals surface area (Å²) >= 11 is 0. The number of hydrogen-bond donors (Lipinski definition) is 1. The molecule has 0 aliphatic rings. The lowest BCUT2D eigenvalue weighted by Gasteiger charge is -2.01. The second kappa shape index (κ2) is 5.61. The molecule has 1 aromatic heterocycles. The Morgan fingerprint density at radius 2 is 2.00 bits per heavy atom. The Morgan fingerprint density at radius 1 is 1.20 bits per heavy atom. The quantitative estimate of drug-likeness (QED) is 0.508. The molecule has 1 heterocycles. The van der Waals surface area contributed by atoms with Crippen molar-refractivity contribution in [1.82, 2.24) is 0 Å². The highest BCUT2D eigenvalue weighted by molar-refractivity contribution is 5.77. The first kappa shape index (κ1) is 13.2. The van der Waals surface area contributed by atoms with Gasteiger partial charge in [0.25, 0.3) is 5.69 Å². The molecule has 0 saturated heterocycles. The minimum absolute atomic E-state index is 0.0448. The van der Waals surface area contributed by atoms with Crippen LogP contribution in [0.2, 0.25) is 0 Å². The molecule has 2 rings (SSSR count). The van der Waals surface area contributed by atoms with E-state index in [1.54, 1.807) is 12.1 Å². The number of benzene rings is 1. The van der Waals surface area contributed by atoms with E-state index in [4.69, 9.17) is 4.42 Å². The summed E-state index contributed by atoms with van der Waals surface area (Å²) in [5.74, 6) is 0.460. The summed E-state index contributed by atoms with van der Waals surface area (Å²) in [7, 11) is 0. The maximum Gasteiger partial charge on any atom is 0.301 e. The SMILES string of the molecule is O=[N+]([O-])c1ccc(NN=Cc2ccco2)c([N+](=O)[O-])c1. The smallest absolute Gasteiger partial charge is 0.301 e. The lowest BCUT2D eigenvalue weighted by molar-refractivity contribution is -0.393. The lowest BCUT2D eigenvalue weighted by atomic mass is 10.2. The zero-order valence-corrected chi connectivity index (χ0v) is 9.92. The van der Waals surface area contributed by atoms with Gasteiger partial charge in [-0.15, -0.1) is 0 Å². The van der Waals surface area contributed by atoms with Gasteiger partial charge in [0, 0.05) is 6.07 Å². The summed E-state index contributed by atoms with van der Waals surface area (Å²) in [5, 5.41) is 25.2. The number of hydrazone groups is 1. The lowest BCUT2D eigenvalue weighted by Crippen LogP contribution is -1.98. The highest BCUT2D eigenvalue weighted by atomic mass is 16.6. The number of nitrogens with zero attached hydrogens (tertiary/aromatic N) is 3. The fourth-order valence-corrected chi connectivity index (χ4v) is 1.41. The second-order valence-electron chi connectivity index (χ2n) is 3.60. The molecule has 0 radical (unpaired) electrons. The molecule has 0 bridgehead atoms. The highest BCUT2D eigenvalue weighted by Crippen LogP contribution is 2.28. The van der Waals surface area contributed by atoms with E-state index in [9.17, 15) is 20.2 Å². The number of hydrogen-bond acceptors (Lipinski definition) is 7. The van der Waals surface area contributed by atoms with E-state index >= 15 is 0 Å². The molecule has 102 valence electrons. The van der Waals surface area contributed by atoms with Crippen LogP contribution < -0.4 is 5.43 Å². The van der Waals surface area contributed by atoms with E-state index < -0.39 is 15.5 Å². The average molecular weight is 276 g/mol. The van der Waals surface area contributed by atoms with Gasteiger partial charge in [0.15, 0.2) is 0 Å². The Bertz CT molecular complexity index is 665. The fourth-order valence-electron chi connectivity index (χ4n) is 1.41. The maximum absolute atomic E-state index is 10.9. The third-order valence-electron chi connectivity index (χ3n) is 2.31. The van der Waals surface area contributed by atoms with Crippen molar-refractivity contribution >= 4 is 23.3 Å². The van der Waals surface area contributed by atoms with E-state index in [0.29, 0.717) is 5.76 Å². The van der Waals surface area contributed by atoms with Gasteiger partial charge in [-0.1, -0.05) is 0 Å². The third-order valence-corrected chi connectivity index (χ3v) is 2.31. The number of nitrogens with one attached hydrogen (secondary N) is 1. The zero-order chi connectivity index (χ0) is 14.5. The van der Waals surface area contributed by atoms with Crippen LogP contribution in [0.4, 0.5) is 17.1 Å². The molecule has 20 heavy (non-hydrogen) atoms. The van der Waals surface area contributed by atoms with E-state index in [0.717, 1.165) is 12.1 Å². The van der Waals surface area contributed by atoms with Crippen LogP contribution in [0.15, 0.2) is 46.1 Å². The van der Waals surface area contributed by atoms with Gasteiger partial charge in [0.1, 0.15) is 11.4 Å². The predicted molar refractivity (Wildman–Crippen MR) is 69.7 cm³/mol. The van der Waals surface area contributed by atoms with Crippen LogP contribution in [0.5, 0.6) is 0 Å². The summed E-state index contributed by atoms with van der Waals surface area (Å²) < 4.78 is 4.99. The zero-order valence-electron chi connectivity index (χ0n) is 9.92. The van der Waals surface area contributed by atoms with Gasteiger partial charge in [-0.05, 0) is 18.2 Å². The molecule has 9 heteroatoms. The molecule has 0 unspecified atom stereocenters. The molecule has 0 aliphatic carbocycles. The van der Waals surface area contributed by atoms with Crippen molar-refractivity contribution in [3.05, 3.63) is 62.6 Å². The predicted octanol–water partition coefficient (Wildman–Crippen LogP) is 2.54. The summed E-state index contributed by atoms with van der Waals surface area (Å²) in [6.07, 6.45) is 2.78. The van der Waals surface area contributed by atoms with Crippen molar-refractivity contribution < 1.29 is 14.3 Å². The van der Waals surface area contributed by atoms with Gasteiger partial charge in [-0.25, -0.2) is 0 Å². The van der Waals surface area contributed by atoms with Gasteiger partial charge in [-0.2, -0.15) is 5.10 Å². The van der Waals surface area contributed by atoms with E-state index in [1.165, 1.54) is 18.5 Å². The van der Waals surface area contributed by atoms with E-state index in [1.807, 2.05) is 0 Å². The summed E-state index contributed by atoms with van der Waals surface area (Å²) in [6, 6.07) is 6.54. The second-order valence-corrected chi connectivity index (χ2v) is 3.60. The van der Waals surface area contributed by atoms with Crippen molar-refractivity contribution in [2.24, 2.45) is 5.10 Å². The Labute approximate surface area is 111 Å². The Kier molecular flexibility index (Phi) is 3.70. The number of rotatable bonds is 5. The van der Waals surface area contributed by atoms with Gasteiger partial charge in [0.2, 0.25) is 0 Å². The van der Waals surface area contributed by atoms with Crippen molar-refractivity contribution in [1.29, 1.82) is 0 Å². The normalized spacial score (nSPS) is 10.6. The molecule has 2 aromatic rings. The topological polar surface area (TPSA) is 124 Å². The summed E-state index contributed by atoms with van der Waals surface area (Å²) in [6.45, 7) is 0. The minimum Gasteiger partial charge on any atom is -0.463 e. The van der Waals surface area contributed by atoms with Crippen LogP contribution in [0.1, 0.15) is 5.76 Å². The molecule has 0 saturated carbocycles. The molecule has 0 spiro atoms. The molecular formula is C11H8N4O5. The van der Waals surface area contributed by atoms with Gasteiger partial charge < -0.3 is 4.42 Å². The molecule has 0 aliphatic heterocycles. The van der Waals surface area contributed by atoms with Crippen LogP contribution in [-0.2, 0) is 0 Å². The van der Waals surface area contributed by atoms with Crippen molar-refractivity contribution in [2.75, 3.05) is 5.43 Å². The molecule has 0 fully saturated rings. The number of nitro groups is 2. The minimum atomic E-state index is -0.724. The largest absolute Gasteiger partial charge is 0.463 e. The first-order valence-corrected chi connectivity index (χ1v) is 5.33. The fraction of sp³-hybridized carbons (Fsp3) is 0. The molecule has 9 nitrogen and oxygen atoms in total. The Hall–Kier alpha value is -3.23. The Morgan fingerprint density at radius 3 is 2.60 bits per heavy atom. The van der Waals surface area contributed by atoms with Crippen molar-refractivity contribution in [3.63, 3.8) is 0 Å². The average Bonchev–Trinajstić information content (AvgIpc) is 2.91. The molecule has 1 aromatic carbocycles. The van der Waals surface area contributed by atoms with Gasteiger partial charge >= 0.3 is 5.69 Å². The third kappa shape index (κ3) is 2.96. The van der Waals surface area contributed by atoms with Crippen LogP contribution in [-0.4, -0.2) is 16.1 Å². The Balaban J connectivity index is 2.22.